The highest BCUT2D eigenvalue weighted by atomic mass is 16.6. The lowest BCUT2D eigenvalue weighted by Crippen LogP contribution is -2.32. The van der Waals surface area contributed by atoms with Gasteiger partial charge in [0, 0.05) is 10.7 Å². The second-order valence-electron chi connectivity index (χ2n) is 7.53. The zero-order chi connectivity index (χ0) is 25.8. The highest BCUT2D eigenvalue weighted by molar-refractivity contribution is 5.89. The average Bonchev–Trinajstić information content (AvgIpc) is 3.32. The monoisotopic (exact) mass is 489 g/mol. The van der Waals surface area contributed by atoms with Crippen molar-refractivity contribution in [2.75, 3.05) is 0 Å². The molecule has 0 aliphatic heterocycles. The summed E-state index contributed by atoms with van der Waals surface area (Å²) in [6.45, 7) is 0.303. The van der Waals surface area contributed by atoms with E-state index in [4.69, 9.17) is 0 Å². The number of hydrogen-bond donors (Lipinski definition) is 1. The summed E-state index contributed by atoms with van der Waals surface area (Å²) in [5.41, 5.74) is -2.53. The predicted octanol–water partition coefficient (Wildman–Crippen LogP) is 3.88. The minimum Gasteiger partial charge on any atom is -0.504 e. The molecular weight excluding hydrogens is 472 g/mol. The summed E-state index contributed by atoms with van der Waals surface area (Å²) in [4.78, 5) is 32.3. The Morgan fingerprint density at radius 1 is 0.861 bits per heavy atom. The molecule has 4 rings (SSSR count). The molecule has 0 aliphatic carbocycles. The summed E-state index contributed by atoms with van der Waals surface area (Å²) < 4.78 is 2.67. The lowest BCUT2D eigenvalue weighted by atomic mass is 10.0. The van der Waals surface area contributed by atoms with Crippen molar-refractivity contribution in [1.82, 2.24) is 9.78 Å². The van der Waals surface area contributed by atoms with E-state index in [1.807, 2.05) is 30.3 Å². The van der Waals surface area contributed by atoms with Gasteiger partial charge >= 0.3 is 0 Å². The van der Waals surface area contributed by atoms with Gasteiger partial charge in [-0.25, -0.2) is 0 Å². The fourth-order valence-corrected chi connectivity index (χ4v) is 3.63. The van der Waals surface area contributed by atoms with Gasteiger partial charge in [-0.2, -0.15) is 4.57 Å². The van der Waals surface area contributed by atoms with Crippen LogP contribution in [0.5, 0.6) is 0 Å². The number of aliphatic hydroxyl groups is 1. The lowest BCUT2D eigenvalue weighted by molar-refractivity contribution is -0.580. The number of nitro benzene ring substituents is 3. The number of non-ortho nitro benzene ring substituents is 1. The van der Waals surface area contributed by atoms with Crippen molar-refractivity contribution >= 4 is 28.5 Å². The Morgan fingerprint density at radius 3 is 1.94 bits per heavy atom. The fourth-order valence-electron chi connectivity index (χ4n) is 3.63. The van der Waals surface area contributed by atoms with E-state index in [1.165, 1.54) is 34.0 Å². The van der Waals surface area contributed by atoms with Crippen LogP contribution in [0.2, 0.25) is 0 Å². The number of aliphatic hydroxyl groups excluding tert-OH is 1. The molecule has 13 heteroatoms. The van der Waals surface area contributed by atoms with Crippen molar-refractivity contribution in [3.05, 3.63) is 132 Å². The maximum absolute atomic E-state index is 11.9. The van der Waals surface area contributed by atoms with Crippen molar-refractivity contribution in [1.29, 1.82) is 0 Å². The molecule has 0 fully saturated rings. The Kier molecular flexibility index (Phi) is 6.45. The van der Waals surface area contributed by atoms with Crippen LogP contribution in [0.1, 0.15) is 16.7 Å². The van der Waals surface area contributed by atoms with Crippen molar-refractivity contribution < 1.29 is 24.4 Å². The SMILES string of the molecule is O=[N+]([O-])c1cc([N+](=O)[O-])c(/C(=C(\O)c2ccccc2)[n+]2cnn(Cc3ccccc3)c2)c([N+](=O)[O-])c1. The Hall–Kier alpha value is -5.46. The van der Waals surface area contributed by atoms with Crippen LogP contribution >= 0.6 is 0 Å². The van der Waals surface area contributed by atoms with Gasteiger partial charge in [-0.15, -0.1) is 4.68 Å². The van der Waals surface area contributed by atoms with E-state index >= 15 is 0 Å². The van der Waals surface area contributed by atoms with Gasteiger partial charge < -0.3 is 5.11 Å². The molecule has 0 amide bonds. The van der Waals surface area contributed by atoms with E-state index in [2.05, 4.69) is 5.10 Å². The largest absolute Gasteiger partial charge is 0.504 e. The van der Waals surface area contributed by atoms with E-state index in [9.17, 15) is 35.4 Å². The molecule has 0 spiro atoms. The number of hydrogen-bond acceptors (Lipinski definition) is 8. The molecular formula is C23H17N6O7+. The Bertz CT molecular complexity index is 1460. The maximum atomic E-state index is 11.9. The lowest BCUT2D eigenvalue weighted by Gasteiger charge is -2.10. The topological polar surface area (TPSA) is 171 Å². The van der Waals surface area contributed by atoms with Gasteiger partial charge in [0.2, 0.25) is 6.33 Å². The first-order valence-corrected chi connectivity index (χ1v) is 10.3. The first kappa shape index (κ1) is 23.7. The third-order valence-electron chi connectivity index (χ3n) is 5.22. The zero-order valence-corrected chi connectivity index (χ0v) is 18.4. The van der Waals surface area contributed by atoms with Crippen molar-refractivity contribution in [2.45, 2.75) is 6.54 Å². The molecule has 0 aliphatic rings. The van der Waals surface area contributed by atoms with Crippen LogP contribution in [-0.4, -0.2) is 29.7 Å². The van der Waals surface area contributed by atoms with Gasteiger partial charge in [0.15, 0.2) is 17.0 Å². The molecule has 0 unspecified atom stereocenters. The zero-order valence-electron chi connectivity index (χ0n) is 18.4. The summed E-state index contributed by atoms with van der Waals surface area (Å²) >= 11 is 0. The van der Waals surface area contributed by atoms with E-state index in [1.54, 1.807) is 18.2 Å². The third-order valence-corrected chi connectivity index (χ3v) is 5.22. The van der Waals surface area contributed by atoms with Crippen molar-refractivity contribution in [2.24, 2.45) is 0 Å². The third kappa shape index (κ3) is 4.75. The van der Waals surface area contributed by atoms with Crippen molar-refractivity contribution in [3.8, 4) is 0 Å². The van der Waals surface area contributed by atoms with E-state index < -0.39 is 43.2 Å². The summed E-state index contributed by atoms with van der Waals surface area (Å²) in [6.07, 6.45) is 2.63. The molecule has 0 radical (unpaired) electrons. The molecule has 1 N–H and O–H groups in total. The molecule has 1 aromatic heterocycles. The molecule has 4 aromatic rings. The van der Waals surface area contributed by atoms with Gasteiger partial charge in [-0.05, 0) is 5.56 Å². The molecule has 36 heavy (non-hydrogen) atoms. The minimum atomic E-state index is -0.970. The standard InChI is InChI=1S/C23H16N6O7/c30-23(17-9-5-2-6-10-17)22(25-14-24-26(15-25)13-16-7-3-1-4-8-16)21-19(28(33)34)11-18(27(31)32)12-20(21)29(35)36/h1-12,14-15H,13H2/p+1/b23-22+. The van der Waals surface area contributed by atoms with E-state index in [0.717, 1.165) is 5.56 Å². The van der Waals surface area contributed by atoms with Crippen LogP contribution in [0.25, 0.3) is 11.5 Å². The van der Waals surface area contributed by atoms with Crippen LogP contribution in [0.15, 0.2) is 85.5 Å². The number of nitrogens with zero attached hydrogens (tertiary/aromatic N) is 6. The smallest absolute Gasteiger partial charge is 0.294 e. The molecule has 3 aromatic carbocycles. The van der Waals surface area contributed by atoms with Crippen LogP contribution in [0, 0.1) is 30.3 Å². The number of nitro groups is 3. The summed E-state index contributed by atoms with van der Waals surface area (Å²) in [5, 5.41) is 50.6. The Labute approximate surface area is 202 Å². The molecule has 0 saturated carbocycles. The Balaban J connectivity index is 2.01. The maximum Gasteiger partial charge on any atom is 0.294 e. The first-order chi connectivity index (χ1) is 17.3. The normalized spacial score (nSPS) is 11.6. The van der Waals surface area contributed by atoms with Gasteiger partial charge in [-0.1, -0.05) is 60.7 Å². The molecule has 1 heterocycles. The van der Waals surface area contributed by atoms with Gasteiger partial charge in [-0.3, -0.25) is 30.3 Å². The molecule has 0 atom stereocenters. The second-order valence-corrected chi connectivity index (χ2v) is 7.53. The van der Waals surface area contributed by atoms with Crippen molar-refractivity contribution in [3.63, 3.8) is 0 Å². The first-order valence-electron chi connectivity index (χ1n) is 10.3. The van der Waals surface area contributed by atoms with Gasteiger partial charge in [0.05, 0.1) is 26.9 Å². The number of rotatable bonds is 8. The quantitative estimate of drug-likeness (QED) is 0.128. The molecule has 180 valence electrons. The molecule has 0 bridgehead atoms. The van der Waals surface area contributed by atoms with Gasteiger partial charge in [0.1, 0.15) is 6.54 Å². The Morgan fingerprint density at radius 2 is 1.42 bits per heavy atom. The summed E-state index contributed by atoms with van der Waals surface area (Å²) in [5.74, 6) is -0.528. The highest BCUT2D eigenvalue weighted by Gasteiger charge is 2.37. The van der Waals surface area contributed by atoms with E-state index in [-0.39, 0.29) is 11.3 Å². The number of benzene rings is 3. The molecule has 0 saturated heterocycles. The highest BCUT2D eigenvalue weighted by Crippen LogP contribution is 2.39. The number of aromatic nitrogens is 3. The fraction of sp³-hybridized carbons (Fsp3) is 0.0435. The second kappa shape index (κ2) is 9.80. The molecule has 13 nitrogen and oxygen atoms in total. The predicted molar refractivity (Wildman–Crippen MR) is 126 cm³/mol. The van der Waals surface area contributed by atoms with Crippen LogP contribution < -0.4 is 4.57 Å². The van der Waals surface area contributed by atoms with E-state index in [0.29, 0.717) is 18.7 Å². The summed E-state index contributed by atoms with van der Waals surface area (Å²) in [7, 11) is 0. The van der Waals surface area contributed by atoms with Crippen LogP contribution in [-0.2, 0) is 6.54 Å². The van der Waals surface area contributed by atoms with Gasteiger partial charge in [0.25, 0.3) is 23.4 Å². The average molecular weight is 489 g/mol. The summed E-state index contributed by atoms with van der Waals surface area (Å²) in [6, 6.07) is 18.4. The van der Waals surface area contributed by atoms with Crippen LogP contribution in [0.4, 0.5) is 17.1 Å². The minimum absolute atomic E-state index is 0.206. The van der Waals surface area contributed by atoms with Crippen LogP contribution in [0.3, 0.4) is 0 Å².